The third kappa shape index (κ3) is 8.79. The Balaban J connectivity index is 1.75. The number of carbonyl (C=O) groups excluding carboxylic acids is 2. The summed E-state index contributed by atoms with van der Waals surface area (Å²) < 4.78 is 6.44. The van der Waals surface area contributed by atoms with Gasteiger partial charge in [-0.05, 0) is 82.5 Å². The fourth-order valence-electron chi connectivity index (χ4n) is 3.58. The zero-order valence-corrected chi connectivity index (χ0v) is 23.2. The van der Waals surface area contributed by atoms with Crippen molar-refractivity contribution in [2.75, 3.05) is 30.9 Å². The van der Waals surface area contributed by atoms with Crippen molar-refractivity contribution in [3.8, 4) is 5.75 Å². The number of nitrogens with zero attached hydrogens (tertiary/aromatic N) is 1. The number of anilines is 2. The Morgan fingerprint density at radius 1 is 0.919 bits per heavy atom. The molecule has 0 bridgehead atoms. The van der Waals surface area contributed by atoms with E-state index in [0.29, 0.717) is 22.3 Å². The van der Waals surface area contributed by atoms with Gasteiger partial charge >= 0.3 is 0 Å². The molecule has 3 aromatic carbocycles. The van der Waals surface area contributed by atoms with Crippen LogP contribution in [0, 0.1) is 0 Å². The molecule has 0 saturated carbocycles. The first-order valence-electron chi connectivity index (χ1n) is 12.5. The minimum absolute atomic E-state index is 0.134. The van der Waals surface area contributed by atoms with E-state index in [0.717, 1.165) is 29.8 Å². The Bertz CT molecular complexity index is 1210. The minimum Gasteiger partial charge on any atom is -0.494 e. The summed E-state index contributed by atoms with van der Waals surface area (Å²) in [6, 6.07) is 22.0. The molecule has 0 aliphatic rings. The normalized spacial score (nSPS) is 11.1. The van der Waals surface area contributed by atoms with Gasteiger partial charge in [-0.2, -0.15) is 0 Å². The smallest absolute Gasteiger partial charge is 0.272 e. The van der Waals surface area contributed by atoms with Gasteiger partial charge in [0.2, 0.25) is 0 Å². The highest BCUT2D eigenvalue weighted by molar-refractivity contribution is 9.10. The summed E-state index contributed by atoms with van der Waals surface area (Å²) in [5.74, 6) is -0.0515. The van der Waals surface area contributed by atoms with Gasteiger partial charge in [-0.1, -0.05) is 50.5 Å². The average Bonchev–Trinajstić information content (AvgIpc) is 2.89. The number of carbonyl (C=O) groups is 2. The second-order valence-electron chi connectivity index (χ2n) is 8.87. The maximum absolute atomic E-state index is 13.3. The molecule has 2 N–H and O–H groups in total. The number of hydrogen-bond acceptors (Lipinski definition) is 4. The van der Waals surface area contributed by atoms with Crippen LogP contribution in [0.2, 0.25) is 0 Å². The van der Waals surface area contributed by atoms with Gasteiger partial charge in [0, 0.05) is 29.9 Å². The first-order chi connectivity index (χ1) is 17.9. The quantitative estimate of drug-likeness (QED) is 0.186. The summed E-state index contributed by atoms with van der Waals surface area (Å²) in [4.78, 5) is 28.2. The average molecular weight is 565 g/mol. The van der Waals surface area contributed by atoms with Crippen LogP contribution >= 0.6 is 15.9 Å². The Kier molecular flexibility index (Phi) is 10.8. The van der Waals surface area contributed by atoms with E-state index < -0.39 is 5.91 Å². The van der Waals surface area contributed by atoms with E-state index in [4.69, 9.17) is 4.74 Å². The molecule has 0 fully saturated rings. The maximum atomic E-state index is 13.3. The van der Waals surface area contributed by atoms with Crippen LogP contribution in [0.25, 0.3) is 6.08 Å². The molecule has 0 atom stereocenters. The van der Waals surface area contributed by atoms with Crippen molar-refractivity contribution >= 4 is 45.2 Å². The number of unbranched alkanes of at least 4 members (excludes halogenated alkanes) is 3. The lowest BCUT2D eigenvalue weighted by molar-refractivity contribution is -0.113. The minimum atomic E-state index is -0.426. The highest BCUT2D eigenvalue weighted by Crippen LogP contribution is 2.20. The molecule has 0 saturated heterocycles. The lowest BCUT2D eigenvalue weighted by Crippen LogP contribution is -2.31. The summed E-state index contributed by atoms with van der Waals surface area (Å²) >= 11 is 3.41. The van der Waals surface area contributed by atoms with E-state index in [1.165, 1.54) is 12.8 Å². The van der Waals surface area contributed by atoms with Crippen LogP contribution in [0.1, 0.15) is 48.5 Å². The summed E-state index contributed by atoms with van der Waals surface area (Å²) in [6.07, 6.45) is 6.24. The third-order valence-electron chi connectivity index (χ3n) is 5.71. The molecule has 194 valence electrons. The molecule has 6 nitrogen and oxygen atoms in total. The van der Waals surface area contributed by atoms with Crippen molar-refractivity contribution in [1.82, 2.24) is 5.32 Å². The van der Waals surface area contributed by atoms with Gasteiger partial charge in [-0.3, -0.25) is 9.59 Å². The second-order valence-corrected chi connectivity index (χ2v) is 9.72. The summed E-state index contributed by atoms with van der Waals surface area (Å²) in [5, 5.41) is 5.66. The number of ether oxygens (including phenoxy) is 1. The SMILES string of the molecule is CCCCCCOc1ccc(NC(=O)/C(=C\c2ccc(N(C)C)cc2)NC(=O)c2ccccc2Br)cc1. The monoisotopic (exact) mass is 563 g/mol. The molecule has 0 heterocycles. The maximum Gasteiger partial charge on any atom is 0.272 e. The van der Waals surface area contributed by atoms with Crippen LogP contribution in [-0.4, -0.2) is 32.5 Å². The standard InChI is InChI=1S/C30H34BrN3O3/c1-4-5-6-9-20-37-25-18-14-23(15-19-25)32-30(36)28(21-22-12-16-24(17-13-22)34(2)3)33-29(35)26-10-7-8-11-27(26)31/h7-8,10-19,21H,4-6,9,20H2,1-3H3,(H,32,36)(H,33,35)/b28-21+. The van der Waals surface area contributed by atoms with Crippen LogP contribution in [0.5, 0.6) is 5.75 Å². The van der Waals surface area contributed by atoms with Gasteiger partial charge in [0.1, 0.15) is 11.4 Å². The van der Waals surface area contributed by atoms with E-state index in [9.17, 15) is 9.59 Å². The van der Waals surface area contributed by atoms with Crippen molar-refractivity contribution in [2.24, 2.45) is 0 Å². The number of benzene rings is 3. The van der Waals surface area contributed by atoms with Gasteiger partial charge in [-0.15, -0.1) is 0 Å². The molecule has 0 aromatic heterocycles. The Morgan fingerprint density at radius 2 is 1.62 bits per heavy atom. The van der Waals surface area contributed by atoms with Gasteiger partial charge in [0.15, 0.2) is 0 Å². The lowest BCUT2D eigenvalue weighted by Gasteiger charge is -2.14. The van der Waals surface area contributed by atoms with Crippen LogP contribution in [0.4, 0.5) is 11.4 Å². The van der Waals surface area contributed by atoms with Crippen LogP contribution < -0.4 is 20.3 Å². The van der Waals surface area contributed by atoms with E-state index in [-0.39, 0.29) is 11.6 Å². The number of halogens is 1. The van der Waals surface area contributed by atoms with Crippen molar-refractivity contribution in [1.29, 1.82) is 0 Å². The molecule has 0 aliphatic heterocycles. The number of amides is 2. The van der Waals surface area contributed by atoms with Gasteiger partial charge in [-0.25, -0.2) is 0 Å². The van der Waals surface area contributed by atoms with Gasteiger partial charge in [0.05, 0.1) is 12.2 Å². The molecule has 0 radical (unpaired) electrons. The number of hydrogen-bond donors (Lipinski definition) is 2. The molecule has 0 spiro atoms. The first kappa shape index (κ1) is 28.0. The molecule has 0 aliphatic carbocycles. The molecule has 37 heavy (non-hydrogen) atoms. The molecule has 3 aromatic rings. The van der Waals surface area contributed by atoms with Crippen molar-refractivity contribution < 1.29 is 14.3 Å². The van der Waals surface area contributed by atoms with Crippen LogP contribution in [0.3, 0.4) is 0 Å². The largest absolute Gasteiger partial charge is 0.494 e. The topological polar surface area (TPSA) is 70.7 Å². The zero-order valence-electron chi connectivity index (χ0n) is 21.6. The van der Waals surface area contributed by atoms with Crippen LogP contribution in [-0.2, 0) is 4.79 Å². The van der Waals surface area contributed by atoms with Gasteiger partial charge < -0.3 is 20.3 Å². The zero-order chi connectivity index (χ0) is 26.6. The highest BCUT2D eigenvalue weighted by Gasteiger charge is 2.17. The van der Waals surface area contributed by atoms with Crippen molar-refractivity contribution in [2.45, 2.75) is 32.6 Å². The van der Waals surface area contributed by atoms with Crippen molar-refractivity contribution in [3.63, 3.8) is 0 Å². The predicted octanol–water partition coefficient (Wildman–Crippen LogP) is 6.88. The first-order valence-corrected chi connectivity index (χ1v) is 13.3. The molecule has 0 unspecified atom stereocenters. The molecule has 2 amide bonds. The van der Waals surface area contributed by atoms with E-state index in [1.54, 1.807) is 36.4 Å². The van der Waals surface area contributed by atoms with E-state index in [2.05, 4.69) is 33.5 Å². The fourth-order valence-corrected chi connectivity index (χ4v) is 4.05. The highest BCUT2D eigenvalue weighted by atomic mass is 79.9. The predicted molar refractivity (Wildman–Crippen MR) is 155 cm³/mol. The number of rotatable bonds is 12. The van der Waals surface area contributed by atoms with E-state index in [1.807, 2.05) is 61.5 Å². The summed E-state index contributed by atoms with van der Waals surface area (Å²) in [5.41, 5.74) is 3.00. The fraction of sp³-hybridized carbons (Fsp3) is 0.267. The molecular formula is C30H34BrN3O3. The van der Waals surface area contributed by atoms with Crippen molar-refractivity contribution in [3.05, 3.63) is 94.1 Å². The molecule has 3 rings (SSSR count). The van der Waals surface area contributed by atoms with E-state index >= 15 is 0 Å². The summed E-state index contributed by atoms with van der Waals surface area (Å²) in [6.45, 7) is 2.85. The van der Waals surface area contributed by atoms with Gasteiger partial charge in [0.25, 0.3) is 11.8 Å². The second kappa shape index (κ2) is 14.2. The number of nitrogens with one attached hydrogen (secondary N) is 2. The Hall–Kier alpha value is -3.58. The molecular weight excluding hydrogens is 530 g/mol. The summed E-state index contributed by atoms with van der Waals surface area (Å²) in [7, 11) is 3.93. The Labute approximate surface area is 227 Å². The Morgan fingerprint density at radius 3 is 2.27 bits per heavy atom. The lowest BCUT2D eigenvalue weighted by atomic mass is 10.1. The molecule has 7 heteroatoms. The third-order valence-corrected chi connectivity index (χ3v) is 6.40. The van der Waals surface area contributed by atoms with Crippen LogP contribution in [0.15, 0.2) is 83.0 Å².